The molecule has 1 aliphatic heterocycles. The van der Waals surface area contributed by atoms with Crippen LogP contribution in [0.2, 0.25) is 0 Å². The summed E-state index contributed by atoms with van der Waals surface area (Å²) in [6.45, 7) is 0.952. The first-order chi connectivity index (χ1) is 12.9. The first kappa shape index (κ1) is 18.9. The Kier molecular flexibility index (Phi) is 5.78. The number of nitrogens with one attached hydrogen (secondary N) is 1. The van der Waals surface area contributed by atoms with Crippen molar-refractivity contribution in [3.8, 4) is 0 Å². The predicted octanol–water partition coefficient (Wildman–Crippen LogP) is 3.27. The van der Waals surface area contributed by atoms with Crippen molar-refractivity contribution in [1.82, 2.24) is 10.2 Å². The Bertz CT molecular complexity index is 832. The van der Waals surface area contributed by atoms with Gasteiger partial charge in [-0.15, -0.1) is 0 Å². The third kappa shape index (κ3) is 4.67. The average molecular weight is 376 g/mol. The van der Waals surface area contributed by atoms with Crippen LogP contribution in [0.3, 0.4) is 0 Å². The van der Waals surface area contributed by atoms with Crippen LogP contribution >= 0.6 is 0 Å². The van der Waals surface area contributed by atoms with Crippen LogP contribution < -0.4 is 5.32 Å². The van der Waals surface area contributed by atoms with Gasteiger partial charge in [0.25, 0.3) is 5.91 Å². The number of likely N-dealkylation sites (tertiary alicyclic amines) is 1. The smallest absolute Gasteiger partial charge is 0.256 e. The second-order valence-corrected chi connectivity index (χ2v) is 6.53. The van der Waals surface area contributed by atoms with Gasteiger partial charge in [-0.2, -0.15) is 0 Å². The van der Waals surface area contributed by atoms with E-state index in [2.05, 4.69) is 5.32 Å². The zero-order valence-corrected chi connectivity index (χ0v) is 14.6. The van der Waals surface area contributed by atoms with Crippen LogP contribution in [-0.2, 0) is 11.3 Å². The average Bonchev–Trinajstić information content (AvgIpc) is 2.67. The summed E-state index contributed by atoms with van der Waals surface area (Å²) in [5.74, 6) is -2.83. The maximum atomic E-state index is 13.8. The molecule has 0 spiro atoms. The third-order valence-corrected chi connectivity index (χ3v) is 4.69. The minimum Gasteiger partial charge on any atom is -0.352 e. The number of nitrogens with zero attached hydrogens (tertiary/aromatic N) is 1. The van der Waals surface area contributed by atoms with Gasteiger partial charge in [-0.3, -0.25) is 9.59 Å². The van der Waals surface area contributed by atoms with Gasteiger partial charge in [0.15, 0.2) is 0 Å². The summed E-state index contributed by atoms with van der Waals surface area (Å²) in [7, 11) is 0. The van der Waals surface area contributed by atoms with E-state index in [0.29, 0.717) is 38.5 Å². The number of benzene rings is 2. The molecule has 1 N–H and O–H groups in total. The molecule has 1 aliphatic rings. The van der Waals surface area contributed by atoms with Gasteiger partial charge in [0.05, 0.1) is 5.56 Å². The molecule has 2 aromatic carbocycles. The van der Waals surface area contributed by atoms with Gasteiger partial charge in [-0.05, 0) is 42.7 Å². The minimum absolute atomic E-state index is 0.126. The van der Waals surface area contributed by atoms with E-state index < -0.39 is 17.5 Å². The van der Waals surface area contributed by atoms with Crippen molar-refractivity contribution in [1.29, 1.82) is 0 Å². The van der Waals surface area contributed by atoms with Crippen LogP contribution in [-0.4, -0.2) is 29.8 Å². The fourth-order valence-corrected chi connectivity index (χ4v) is 3.11. The first-order valence-corrected chi connectivity index (χ1v) is 8.70. The molecule has 7 heteroatoms. The Balaban J connectivity index is 1.51. The Labute approximate surface area is 155 Å². The highest BCUT2D eigenvalue weighted by molar-refractivity contribution is 5.94. The summed E-state index contributed by atoms with van der Waals surface area (Å²) in [6.07, 6.45) is 0.924. The molecule has 27 heavy (non-hydrogen) atoms. The number of carbonyl (C=O) groups is 2. The highest BCUT2D eigenvalue weighted by Gasteiger charge is 2.28. The molecule has 0 aliphatic carbocycles. The molecule has 0 unspecified atom stereocenters. The summed E-state index contributed by atoms with van der Waals surface area (Å²) < 4.78 is 39.6. The highest BCUT2D eigenvalue weighted by Crippen LogP contribution is 2.21. The normalized spacial score (nSPS) is 14.9. The van der Waals surface area contributed by atoms with Gasteiger partial charge < -0.3 is 10.2 Å². The fourth-order valence-electron chi connectivity index (χ4n) is 3.11. The van der Waals surface area contributed by atoms with E-state index in [0.717, 1.165) is 17.7 Å². The van der Waals surface area contributed by atoms with Crippen molar-refractivity contribution in [3.63, 3.8) is 0 Å². The second kappa shape index (κ2) is 8.24. The van der Waals surface area contributed by atoms with E-state index in [-0.39, 0.29) is 23.2 Å². The van der Waals surface area contributed by atoms with E-state index in [4.69, 9.17) is 0 Å². The molecule has 0 saturated carbocycles. The quantitative estimate of drug-likeness (QED) is 0.890. The van der Waals surface area contributed by atoms with Crippen LogP contribution in [0, 0.1) is 23.4 Å². The number of hydrogen-bond acceptors (Lipinski definition) is 2. The standard InChI is InChI=1S/C20H19F3N2O2/c21-15-3-1-13(2-4-15)12-24-19(26)14-7-9-25(10-8-14)20(27)17-6-5-16(22)11-18(17)23/h1-6,11,14H,7-10,12H2,(H,24,26). The van der Waals surface area contributed by atoms with Crippen LogP contribution in [0.15, 0.2) is 42.5 Å². The molecule has 2 amide bonds. The topological polar surface area (TPSA) is 49.4 Å². The lowest BCUT2D eigenvalue weighted by Crippen LogP contribution is -2.43. The largest absolute Gasteiger partial charge is 0.352 e. The van der Waals surface area contributed by atoms with Crippen molar-refractivity contribution in [3.05, 3.63) is 71.0 Å². The number of rotatable bonds is 4. The zero-order valence-electron chi connectivity index (χ0n) is 14.6. The summed E-state index contributed by atoms with van der Waals surface area (Å²) in [6, 6.07) is 8.74. The monoisotopic (exact) mass is 376 g/mol. The van der Waals surface area contributed by atoms with Gasteiger partial charge in [0.2, 0.25) is 5.91 Å². The van der Waals surface area contributed by atoms with E-state index in [1.54, 1.807) is 12.1 Å². The number of halogens is 3. The molecule has 4 nitrogen and oxygen atoms in total. The third-order valence-electron chi connectivity index (χ3n) is 4.69. The lowest BCUT2D eigenvalue weighted by Gasteiger charge is -2.31. The van der Waals surface area contributed by atoms with Crippen molar-refractivity contribution in [2.75, 3.05) is 13.1 Å². The summed E-state index contributed by atoms with van der Waals surface area (Å²) in [5, 5.41) is 2.81. The van der Waals surface area contributed by atoms with E-state index in [1.165, 1.54) is 17.0 Å². The van der Waals surface area contributed by atoms with Crippen molar-refractivity contribution in [2.45, 2.75) is 19.4 Å². The Hall–Kier alpha value is -2.83. The Morgan fingerprint density at radius 1 is 0.963 bits per heavy atom. The molecule has 1 heterocycles. The minimum atomic E-state index is -0.890. The molecule has 0 bridgehead atoms. The maximum absolute atomic E-state index is 13.8. The number of carbonyl (C=O) groups excluding carboxylic acids is 2. The van der Waals surface area contributed by atoms with Gasteiger partial charge >= 0.3 is 0 Å². The molecule has 0 radical (unpaired) electrons. The molecule has 1 fully saturated rings. The molecular weight excluding hydrogens is 357 g/mol. The van der Waals surface area contributed by atoms with Crippen molar-refractivity contribution in [2.24, 2.45) is 5.92 Å². The van der Waals surface area contributed by atoms with E-state index in [9.17, 15) is 22.8 Å². The predicted molar refractivity (Wildman–Crippen MR) is 93.2 cm³/mol. The van der Waals surface area contributed by atoms with Crippen LogP contribution in [0.1, 0.15) is 28.8 Å². The maximum Gasteiger partial charge on any atom is 0.256 e. The molecule has 0 aromatic heterocycles. The fraction of sp³-hybridized carbons (Fsp3) is 0.300. The van der Waals surface area contributed by atoms with Crippen molar-refractivity contribution >= 4 is 11.8 Å². The van der Waals surface area contributed by atoms with Gasteiger partial charge in [0.1, 0.15) is 17.5 Å². The number of amides is 2. The van der Waals surface area contributed by atoms with Gasteiger partial charge in [-0.25, -0.2) is 13.2 Å². The van der Waals surface area contributed by atoms with Gasteiger partial charge in [0, 0.05) is 31.6 Å². The number of hydrogen-bond donors (Lipinski definition) is 1. The van der Waals surface area contributed by atoms with Crippen LogP contribution in [0.4, 0.5) is 13.2 Å². The highest BCUT2D eigenvalue weighted by atomic mass is 19.1. The second-order valence-electron chi connectivity index (χ2n) is 6.53. The van der Waals surface area contributed by atoms with Crippen LogP contribution in [0.5, 0.6) is 0 Å². The van der Waals surface area contributed by atoms with E-state index in [1.807, 2.05) is 0 Å². The van der Waals surface area contributed by atoms with Crippen LogP contribution in [0.25, 0.3) is 0 Å². The number of piperidine rings is 1. The molecule has 1 saturated heterocycles. The SMILES string of the molecule is O=C(NCc1ccc(F)cc1)C1CCN(C(=O)c2ccc(F)cc2F)CC1. The lowest BCUT2D eigenvalue weighted by atomic mass is 9.95. The molecule has 3 rings (SSSR count). The first-order valence-electron chi connectivity index (χ1n) is 8.70. The summed E-state index contributed by atoms with van der Waals surface area (Å²) >= 11 is 0. The lowest BCUT2D eigenvalue weighted by molar-refractivity contribution is -0.126. The molecule has 2 aromatic rings. The summed E-state index contributed by atoms with van der Waals surface area (Å²) in [4.78, 5) is 26.1. The Morgan fingerprint density at radius 2 is 1.59 bits per heavy atom. The molecule has 142 valence electrons. The Morgan fingerprint density at radius 3 is 2.22 bits per heavy atom. The molecule has 0 atom stereocenters. The van der Waals surface area contributed by atoms with Crippen molar-refractivity contribution < 1.29 is 22.8 Å². The van der Waals surface area contributed by atoms with Gasteiger partial charge in [-0.1, -0.05) is 12.1 Å². The zero-order chi connectivity index (χ0) is 19.4. The van der Waals surface area contributed by atoms with E-state index >= 15 is 0 Å². The summed E-state index contributed by atoms with van der Waals surface area (Å²) in [5.41, 5.74) is 0.625. The molecular formula is C20H19F3N2O2.